The number of hydrogen-bond donors (Lipinski definition) is 1. The van der Waals surface area contributed by atoms with Crippen molar-refractivity contribution in [3.05, 3.63) is 34.6 Å². The average molecular weight is 300 g/mol. The first-order valence-electron chi connectivity index (χ1n) is 6.86. The fraction of sp³-hybridized carbons (Fsp3) is 0.533. The molecule has 0 aliphatic carbocycles. The smallest absolute Gasteiger partial charge is 0.310 e. The molecule has 0 saturated carbocycles. The third-order valence-corrected chi connectivity index (χ3v) is 4.43. The topological polar surface area (TPSA) is 40.5 Å². The summed E-state index contributed by atoms with van der Waals surface area (Å²) in [6, 6.07) is 4.62. The average Bonchev–Trinajstić information content (AvgIpc) is 2.42. The minimum atomic E-state index is -0.749. The molecule has 110 valence electrons. The lowest BCUT2D eigenvalue weighted by atomic mass is 9.77. The zero-order chi connectivity index (χ0) is 14.8. The molecule has 1 aliphatic rings. The first-order chi connectivity index (χ1) is 9.47. The second kappa shape index (κ2) is 6.10. The van der Waals surface area contributed by atoms with Crippen molar-refractivity contribution in [1.29, 1.82) is 0 Å². The summed E-state index contributed by atoms with van der Waals surface area (Å²) in [5.74, 6) is -1.08. The molecule has 1 heterocycles. The Morgan fingerprint density at radius 2 is 2.30 bits per heavy atom. The molecule has 1 unspecified atom stereocenters. The number of rotatable bonds is 4. The maximum Gasteiger partial charge on any atom is 0.310 e. The second-order valence-electron chi connectivity index (χ2n) is 5.49. The van der Waals surface area contributed by atoms with Gasteiger partial charge in [-0.15, -0.1) is 0 Å². The summed E-state index contributed by atoms with van der Waals surface area (Å²) in [6.07, 6.45) is 2.12. The standard InChI is InChI=1S/C15H19ClFNO2/c1-2-15(14(19)20)6-3-7-18(10-15)9-11-4-5-12(16)8-13(11)17/h4-5,8H,2-3,6-7,9-10H2,1H3,(H,19,20). The van der Waals surface area contributed by atoms with Crippen LogP contribution in [0.4, 0.5) is 4.39 Å². The fourth-order valence-electron chi connectivity index (χ4n) is 2.87. The number of nitrogens with zero attached hydrogens (tertiary/aromatic N) is 1. The van der Waals surface area contributed by atoms with Gasteiger partial charge in [0.15, 0.2) is 0 Å². The minimum absolute atomic E-state index is 0.333. The van der Waals surface area contributed by atoms with Gasteiger partial charge < -0.3 is 5.11 Å². The van der Waals surface area contributed by atoms with Crippen LogP contribution in [-0.4, -0.2) is 29.1 Å². The Hall–Kier alpha value is -1.13. The molecule has 1 saturated heterocycles. The number of likely N-dealkylation sites (tertiary alicyclic amines) is 1. The predicted molar refractivity (Wildman–Crippen MR) is 76.3 cm³/mol. The van der Waals surface area contributed by atoms with Gasteiger partial charge >= 0.3 is 5.97 Å². The summed E-state index contributed by atoms with van der Waals surface area (Å²) in [7, 11) is 0. The van der Waals surface area contributed by atoms with E-state index in [0.717, 1.165) is 13.0 Å². The van der Waals surface area contributed by atoms with Crippen LogP contribution in [0.1, 0.15) is 31.7 Å². The first kappa shape index (κ1) is 15.3. The lowest BCUT2D eigenvalue weighted by Gasteiger charge is -2.39. The van der Waals surface area contributed by atoms with Crippen molar-refractivity contribution in [2.24, 2.45) is 5.41 Å². The number of benzene rings is 1. The van der Waals surface area contributed by atoms with Crippen molar-refractivity contribution >= 4 is 17.6 Å². The van der Waals surface area contributed by atoms with Gasteiger partial charge in [-0.1, -0.05) is 24.6 Å². The molecule has 3 nitrogen and oxygen atoms in total. The van der Waals surface area contributed by atoms with Gasteiger partial charge in [-0.25, -0.2) is 4.39 Å². The van der Waals surface area contributed by atoms with Gasteiger partial charge in [0.1, 0.15) is 5.82 Å². The molecule has 1 fully saturated rings. The summed E-state index contributed by atoms with van der Waals surface area (Å²) in [6.45, 7) is 3.61. The van der Waals surface area contributed by atoms with Gasteiger partial charge in [-0.2, -0.15) is 0 Å². The van der Waals surface area contributed by atoms with E-state index >= 15 is 0 Å². The summed E-state index contributed by atoms with van der Waals surface area (Å²) in [5, 5.41) is 9.82. The quantitative estimate of drug-likeness (QED) is 0.924. The van der Waals surface area contributed by atoms with Gasteiger partial charge in [-0.05, 0) is 37.9 Å². The third kappa shape index (κ3) is 3.13. The highest BCUT2D eigenvalue weighted by Crippen LogP contribution is 2.34. The van der Waals surface area contributed by atoms with E-state index in [4.69, 9.17) is 11.6 Å². The predicted octanol–water partition coefficient (Wildman–Crippen LogP) is 3.56. The van der Waals surface area contributed by atoms with E-state index in [1.165, 1.54) is 6.07 Å². The molecular formula is C15H19ClFNO2. The maximum absolute atomic E-state index is 13.8. The van der Waals surface area contributed by atoms with Crippen molar-refractivity contribution < 1.29 is 14.3 Å². The Morgan fingerprint density at radius 3 is 2.90 bits per heavy atom. The minimum Gasteiger partial charge on any atom is -0.481 e. The van der Waals surface area contributed by atoms with Crippen LogP contribution in [0.5, 0.6) is 0 Å². The van der Waals surface area contributed by atoms with Crippen LogP contribution in [0.25, 0.3) is 0 Å². The number of carboxylic acid groups (broad SMARTS) is 1. The number of hydrogen-bond acceptors (Lipinski definition) is 2. The number of aliphatic carboxylic acids is 1. The van der Waals surface area contributed by atoms with Crippen LogP contribution >= 0.6 is 11.6 Å². The Morgan fingerprint density at radius 1 is 1.55 bits per heavy atom. The number of carboxylic acids is 1. The van der Waals surface area contributed by atoms with E-state index in [1.807, 2.05) is 11.8 Å². The third-order valence-electron chi connectivity index (χ3n) is 4.20. The molecule has 0 aromatic heterocycles. The highest BCUT2D eigenvalue weighted by Gasteiger charge is 2.40. The van der Waals surface area contributed by atoms with E-state index in [9.17, 15) is 14.3 Å². The Balaban J connectivity index is 2.11. The SMILES string of the molecule is CCC1(C(=O)O)CCCN(Cc2ccc(Cl)cc2F)C1. The van der Waals surface area contributed by atoms with Crippen molar-refractivity contribution in [3.63, 3.8) is 0 Å². The van der Waals surface area contributed by atoms with E-state index in [-0.39, 0.29) is 5.82 Å². The molecule has 5 heteroatoms. The van der Waals surface area contributed by atoms with Crippen LogP contribution in [0, 0.1) is 11.2 Å². The van der Waals surface area contributed by atoms with Gasteiger partial charge in [0.05, 0.1) is 5.41 Å². The van der Waals surface area contributed by atoms with Crippen LogP contribution in [0.15, 0.2) is 18.2 Å². The molecule has 1 aromatic carbocycles. The van der Waals surface area contributed by atoms with Gasteiger partial charge in [0.25, 0.3) is 0 Å². The van der Waals surface area contributed by atoms with Gasteiger partial charge in [-0.3, -0.25) is 9.69 Å². The molecule has 2 rings (SSSR count). The molecule has 0 bridgehead atoms. The van der Waals surface area contributed by atoms with E-state index in [2.05, 4.69) is 0 Å². The summed E-state index contributed by atoms with van der Waals surface area (Å²) in [4.78, 5) is 13.5. The molecular weight excluding hydrogens is 281 g/mol. The van der Waals surface area contributed by atoms with Crippen LogP contribution in [0.2, 0.25) is 5.02 Å². The largest absolute Gasteiger partial charge is 0.481 e. The van der Waals surface area contributed by atoms with Crippen molar-refractivity contribution in [1.82, 2.24) is 4.90 Å². The Kier molecular flexibility index (Phi) is 4.66. The summed E-state index contributed by atoms with van der Waals surface area (Å²) < 4.78 is 13.8. The summed E-state index contributed by atoms with van der Waals surface area (Å²) in [5.41, 5.74) is -0.132. The maximum atomic E-state index is 13.8. The second-order valence-corrected chi connectivity index (χ2v) is 5.93. The zero-order valence-electron chi connectivity index (χ0n) is 11.5. The van der Waals surface area contributed by atoms with E-state index in [0.29, 0.717) is 36.5 Å². The highest BCUT2D eigenvalue weighted by molar-refractivity contribution is 6.30. The van der Waals surface area contributed by atoms with Gasteiger partial charge in [0, 0.05) is 23.7 Å². The zero-order valence-corrected chi connectivity index (χ0v) is 12.3. The molecule has 1 aromatic rings. The molecule has 1 atom stereocenters. The molecule has 20 heavy (non-hydrogen) atoms. The molecule has 1 N–H and O–H groups in total. The number of carbonyl (C=O) groups is 1. The van der Waals surface area contributed by atoms with E-state index in [1.54, 1.807) is 12.1 Å². The van der Waals surface area contributed by atoms with Crippen molar-refractivity contribution in [2.75, 3.05) is 13.1 Å². The molecule has 0 radical (unpaired) electrons. The number of halogens is 2. The van der Waals surface area contributed by atoms with Crippen LogP contribution < -0.4 is 0 Å². The molecule has 1 aliphatic heterocycles. The number of piperidine rings is 1. The lowest BCUT2D eigenvalue weighted by Crippen LogP contribution is -2.47. The van der Waals surface area contributed by atoms with Crippen LogP contribution in [-0.2, 0) is 11.3 Å². The normalized spacial score (nSPS) is 23.8. The van der Waals surface area contributed by atoms with E-state index < -0.39 is 11.4 Å². The fourth-order valence-corrected chi connectivity index (χ4v) is 3.03. The van der Waals surface area contributed by atoms with Crippen molar-refractivity contribution in [3.8, 4) is 0 Å². The first-order valence-corrected chi connectivity index (χ1v) is 7.24. The lowest BCUT2D eigenvalue weighted by molar-refractivity contribution is -0.153. The molecule has 0 spiro atoms. The van der Waals surface area contributed by atoms with Gasteiger partial charge in [0.2, 0.25) is 0 Å². The molecule has 0 amide bonds. The highest BCUT2D eigenvalue weighted by atomic mass is 35.5. The summed E-state index contributed by atoms with van der Waals surface area (Å²) >= 11 is 5.74. The Labute approximate surface area is 123 Å². The monoisotopic (exact) mass is 299 g/mol. The van der Waals surface area contributed by atoms with Crippen molar-refractivity contribution in [2.45, 2.75) is 32.7 Å². The van der Waals surface area contributed by atoms with Crippen LogP contribution in [0.3, 0.4) is 0 Å². The Bertz CT molecular complexity index is 509.